The van der Waals surface area contributed by atoms with Crippen molar-refractivity contribution < 1.29 is 30.0 Å². The Bertz CT molecular complexity index is 530. The summed E-state index contributed by atoms with van der Waals surface area (Å²) < 4.78 is 83.0. The highest BCUT2D eigenvalue weighted by Crippen LogP contribution is 2.36. The number of hydrogen-bond acceptors (Lipinski definition) is 4. The van der Waals surface area contributed by atoms with Gasteiger partial charge in [0.15, 0.2) is 10.0 Å². The van der Waals surface area contributed by atoms with Gasteiger partial charge in [-0.3, -0.25) is 0 Å². The third-order valence-corrected chi connectivity index (χ3v) is 6.48. The summed E-state index contributed by atoms with van der Waals surface area (Å²) >= 11 is 0. The summed E-state index contributed by atoms with van der Waals surface area (Å²) in [7, 11) is -10.7. The summed E-state index contributed by atoms with van der Waals surface area (Å²) in [6.07, 6.45) is 2.68. The Balaban J connectivity index is 2.82. The zero-order valence-electron chi connectivity index (χ0n) is 9.80. The van der Waals surface area contributed by atoms with Gasteiger partial charge < -0.3 is 4.13 Å². The highest BCUT2D eigenvalue weighted by Gasteiger charge is 2.41. The molecular weight excluding hydrogens is 307 g/mol. The van der Waals surface area contributed by atoms with Gasteiger partial charge in [-0.05, 0) is 31.6 Å². The van der Waals surface area contributed by atoms with E-state index in [-0.39, 0.29) is 18.8 Å². The molecule has 0 aromatic rings. The number of nitrogens with zero attached hydrogens (tertiary/aromatic N) is 1. The van der Waals surface area contributed by atoms with E-state index in [2.05, 4.69) is 10.7 Å². The smallest absolute Gasteiger partial charge is 0.428 e. The Labute approximate surface area is 110 Å². The number of hydrogen-bond donors (Lipinski definition) is 0. The van der Waals surface area contributed by atoms with Crippen molar-refractivity contribution in [2.45, 2.75) is 36.4 Å². The minimum absolute atomic E-state index is 0.0793. The van der Waals surface area contributed by atoms with E-state index < -0.39 is 30.8 Å². The fourth-order valence-corrected chi connectivity index (χ4v) is 4.65. The summed E-state index contributed by atoms with van der Waals surface area (Å²) in [5, 5.41) is -1.18. The Morgan fingerprint density at radius 1 is 1.05 bits per heavy atom. The molecule has 0 aliphatic heterocycles. The van der Waals surface area contributed by atoms with E-state index in [0.29, 0.717) is 12.8 Å². The Morgan fingerprint density at radius 2 is 1.53 bits per heavy atom. The number of allylic oxidation sites excluding steroid dienone is 1. The lowest BCUT2D eigenvalue weighted by Gasteiger charge is -2.32. The molecule has 0 aromatic heterocycles. The molecule has 0 N–H and O–H groups in total. The third kappa shape index (κ3) is 3.93. The van der Waals surface area contributed by atoms with Crippen LogP contribution in [0.1, 0.15) is 25.7 Å². The molecule has 0 spiro atoms. The zero-order valence-corrected chi connectivity index (χ0v) is 11.4. The number of halogens is 3. The van der Waals surface area contributed by atoms with Gasteiger partial charge in [-0.2, -0.15) is 13.2 Å². The lowest BCUT2D eigenvalue weighted by atomic mass is 9.89. The first-order valence-corrected chi connectivity index (χ1v) is 8.36. The summed E-state index contributed by atoms with van der Waals surface area (Å²) in [4.78, 5) is 0. The van der Waals surface area contributed by atoms with Crippen LogP contribution in [-0.2, 0) is 20.0 Å². The van der Waals surface area contributed by atoms with E-state index in [1.54, 1.807) is 6.08 Å². The largest absolute Gasteiger partial charge is 0.480 e. The average Bonchev–Trinajstić information content (AvgIpc) is 2.26. The van der Waals surface area contributed by atoms with Crippen molar-refractivity contribution in [3.63, 3.8) is 0 Å². The third-order valence-electron chi connectivity index (χ3n) is 2.97. The Kier molecular flexibility index (Phi) is 4.68. The predicted molar refractivity (Wildman–Crippen MR) is 63.2 cm³/mol. The standard InChI is InChI=1S/C9H13F3NO4S2/c1-2-7-3-5-8(6-4-7)18(14,15)13-19(16,17)9(10,11)12/h2,7-8H,1,3-6H2/q-1. The minimum atomic E-state index is -6.01. The van der Waals surface area contributed by atoms with E-state index in [0.717, 1.165) is 0 Å². The van der Waals surface area contributed by atoms with Gasteiger partial charge in [0.2, 0.25) is 0 Å². The second kappa shape index (κ2) is 5.41. The van der Waals surface area contributed by atoms with Gasteiger partial charge in [-0.25, -0.2) is 16.8 Å². The van der Waals surface area contributed by atoms with Crippen molar-refractivity contribution in [2.75, 3.05) is 0 Å². The van der Waals surface area contributed by atoms with E-state index >= 15 is 0 Å². The van der Waals surface area contributed by atoms with Crippen molar-refractivity contribution in [1.82, 2.24) is 0 Å². The molecule has 112 valence electrons. The molecule has 19 heavy (non-hydrogen) atoms. The van der Waals surface area contributed by atoms with Gasteiger partial charge in [-0.15, -0.1) is 6.58 Å². The van der Waals surface area contributed by atoms with Crippen LogP contribution in [0.5, 0.6) is 0 Å². The normalized spacial score (nSPS) is 26.1. The topological polar surface area (TPSA) is 82.4 Å². The summed E-state index contributed by atoms with van der Waals surface area (Å²) in [6, 6.07) is 0. The molecule has 0 atom stereocenters. The lowest BCUT2D eigenvalue weighted by Crippen LogP contribution is -2.31. The zero-order chi connectivity index (χ0) is 14.9. The maximum atomic E-state index is 12.1. The van der Waals surface area contributed by atoms with Crippen molar-refractivity contribution >= 4 is 20.0 Å². The fourth-order valence-electron chi connectivity index (χ4n) is 1.86. The van der Waals surface area contributed by atoms with Crippen LogP contribution >= 0.6 is 0 Å². The van der Waals surface area contributed by atoms with Gasteiger partial charge in [0.25, 0.3) is 0 Å². The molecule has 1 fully saturated rings. The van der Waals surface area contributed by atoms with E-state index in [1.807, 2.05) is 0 Å². The number of rotatable bonds is 4. The van der Waals surface area contributed by atoms with Crippen LogP contribution in [0.4, 0.5) is 13.2 Å². The molecule has 1 saturated carbocycles. The van der Waals surface area contributed by atoms with E-state index in [4.69, 9.17) is 0 Å². The van der Waals surface area contributed by atoms with Gasteiger partial charge in [0, 0.05) is 5.25 Å². The van der Waals surface area contributed by atoms with Crippen LogP contribution in [0.15, 0.2) is 12.7 Å². The van der Waals surface area contributed by atoms with Gasteiger partial charge >= 0.3 is 5.51 Å². The van der Waals surface area contributed by atoms with Crippen LogP contribution in [-0.4, -0.2) is 27.6 Å². The molecule has 1 aliphatic rings. The summed E-state index contributed by atoms with van der Waals surface area (Å²) in [5.41, 5.74) is -5.70. The molecule has 1 aliphatic carbocycles. The van der Waals surface area contributed by atoms with Crippen molar-refractivity contribution in [3.05, 3.63) is 16.8 Å². The van der Waals surface area contributed by atoms with Crippen LogP contribution in [0.3, 0.4) is 0 Å². The van der Waals surface area contributed by atoms with Crippen LogP contribution in [0.25, 0.3) is 4.13 Å². The monoisotopic (exact) mass is 320 g/mol. The first-order chi connectivity index (χ1) is 8.49. The molecule has 1 rings (SSSR count). The van der Waals surface area contributed by atoms with Crippen molar-refractivity contribution in [2.24, 2.45) is 5.92 Å². The van der Waals surface area contributed by atoms with E-state index in [1.165, 1.54) is 0 Å². The molecule has 0 amide bonds. The number of alkyl halides is 3. The maximum Gasteiger partial charge on any atom is 0.480 e. The Hall–Kier alpha value is -0.610. The van der Waals surface area contributed by atoms with Crippen LogP contribution in [0, 0.1) is 5.92 Å². The Morgan fingerprint density at radius 3 is 1.89 bits per heavy atom. The lowest BCUT2D eigenvalue weighted by molar-refractivity contribution is -0.0425. The quantitative estimate of drug-likeness (QED) is 0.744. The molecule has 0 bridgehead atoms. The SMILES string of the molecule is C=CC1CCC(S(=O)(=O)[N-]S(=O)(=O)C(F)(F)F)CC1. The first-order valence-electron chi connectivity index (χ1n) is 5.41. The molecule has 0 aromatic carbocycles. The highest BCUT2D eigenvalue weighted by atomic mass is 32.3. The van der Waals surface area contributed by atoms with Crippen LogP contribution in [0.2, 0.25) is 0 Å². The molecule has 0 radical (unpaired) electrons. The molecule has 0 heterocycles. The first kappa shape index (κ1) is 16.4. The summed E-state index contributed by atoms with van der Waals surface area (Å²) in [5.74, 6) is 0.102. The van der Waals surface area contributed by atoms with Crippen LogP contribution < -0.4 is 0 Å². The molecule has 5 nitrogen and oxygen atoms in total. The molecule has 10 heteroatoms. The second-order valence-corrected chi connectivity index (χ2v) is 7.99. The average molecular weight is 320 g/mol. The van der Waals surface area contributed by atoms with Gasteiger partial charge in [0.1, 0.15) is 0 Å². The van der Waals surface area contributed by atoms with Crippen molar-refractivity contribution in [3.8, 4) is 0 Å². The van der Waals surface area contributed by atoms with Gasteiger partial charge in [-0.1, -0.05) is 6.08 Å². The number of sulfonamides is 2. The second-order valence-electron chi connectivity index (χ2n) is 4.28. The van der Waals surface area contributed by atoms with Gasteiger partial charge in [0.05, 0.1) is 10.0 Å². The molecule has 0 saturated heterocycles. The fraction of sp³-hybridized carbons (Fsp3) is 0.778. The predicted octanol–water partition coefficient (Wildman–Crippen LogP) is 2.28. The maximum absolute atomic E-state index is 12.1. The minimum Gasteiger partial charge on any atom is -0.428 e. The van der Waals surface area contributed by atoms with E-state index in [9.17, 15) is 30.0 Å². The van der Waals surface area contributed by atoms with Crippen molar-refractivity contribution in [1.29, 1.82) is 0 Å². The molecule has 0 unspecified atom stereocenters. The highest BCUT2D eigenvalue weighted by molar-refractivity contribution is 8.12. The summed E-state index contributed by atoms with van der Waals surface area (Å²) in [6.45, 7) is 3.55. The molecular formula is C9H13F3NO4S2-.